The lowest BCUT2D eigenvalue weighted by atomic mass is 9.84. The summed E-state index contributed by atoms with van der Waals surface area (Å²) in [5, 5.41) is 8.84. The predicted molar refractivity (Wildman–Crippen MR) is 90.2 cm³/mol. The van der Waals surface area contributed by atoms with Crippen molar-refractivity contribution in [2.24, 2.45) is 4.99 Å². The maximum atomic E-state index is 11.3. The van der Waals surface area contributed by atoms with Gasteiger partial charge in [0.15, 0.2) is 0 Å². The first kappa shape index (κ1) is 16.5. The largest absolute Gasteiger partial charge is 0.464 e. The Labute approximate surface area is 136 Å². The van der Waals surface area contributed by atoms with Gasteiger partial charge >= 0.3 is 5.97 Å². The molecule has 0 saturated carbocycles. The van der Waals surface area contributed by atoms with E-state index in [0.29, 0.717) is 0 Å². The van der Waals surface area contributed by atoms with E-state index in [1.165, 1.54) is 24.6 Å². The molecular formula is C18H19N3O2. The molecule has 1 heterocycles. The fourth-order valence-electron chi connectivity index (χ4n) is 2.78. The highest BCUT2D eigenvalue weighted by molar-refractivity contribution is 6.43. The number of para-hydroxylation sites is 1. The standard InChI is InChI=1S/C18H19N3O2/c1-18(2)13-8-5-6-9-15(13)21(3)16(18)10-7-11-20-14(12-19)17(22)23-4/h5-11H,1-4H3. The Hall–Kier alpha value is -2.87. The lowest BCUT2D eigenvalue weighted by Crippen LogP contribution is -2.22. The van der Waals surface area contributed by atoms with Gasteiger partial charge in [-0.05, 0) is 23.8 Å². The monoisotopic (exact) mass is 309 g/mol. The number of nitrogens with zero attached hydrogens (tertiary/aromatic N) is 3. The van der Waals surface area contributed by atoms with Gasteiger partial charge in [0.05, 0.1) is 7.11 Å². The van der Waals surface area contributed by atoms with Crippen molar-refractivity contribution in [3.8, 4) is 6.07 Å². The average Bonchev–Trinajstić information content (AvgIpc) is 2.75. The molecule has 5 nitrogen and oxygen atoms in total. The Morgan fingerprint density at radius 2 is 2.09 bits per heavy atom. The first-order valence-electron chi connectivity index (χ1n) is 7.20. The minimum Gasteiger partial charge on any atom is -0.464 e. The minimum atomic E-state index is -0.740. The number of anilines is 1. The smallest absolute Gasteiger partial charge is 0.367 e. The molecule has 118 valence electrons. The highest BCUT2D eigenvalue weighted by Gasteiger charge is 2.37. The van der Waals surface area contributed by atoms with E-state index in [2.05, 4.69) is 40.6 Å². The molecule has 0 N–H and O–H groups in total. The second-order valence-electron chi connectivity index (χ2n) is 5.68. The molecule has 0 aliphatic carbocycles. The van der Waals surface area contributed by atoms with Crippen LogP contribution in [0.25, 0.3) is 0 Å². The lowest BCUT2D eigenvalue weighted by Gasteiger charge is -2.23. The molecule has 0 aromatic heterocycles. The first-order valence-corrected chi connectivity index (χ1v) is 7.20. The van der Waals surface area contributed by atoms with E-state index >= 15 is 0 Å². The first-order chi connectivity index (χ1) is 10.9. The second kappa shape index (κ2) is 6.49. The van der Waals surface area contributed by atoms with Crippen LogP contribution in [0.3, 0.4) is 0 Å². The quantitative estimate of drug-likeness (QED) is 0.636. The zero-order chi connectivity index (χ0) is 17.0. The normalized spacial score (nSPS) is 18.1. The van der Waals surface area contributed by atoms with E-state index in [-0.39, 0.29) is 11.1 Å². The Morgan fingerprint density at radius 1 is 1.39 bits per heavy atom. The molecule has 0 fully saturated rings. The second-order valence-corrected chi connectivity index (χ2v) is 5.68. The van der Waals surface area contributed by atoms with Crippen LogP contribution in [0.2, 0.25) is 0 Å². The van der Waals surface area contributed by atoms with Gasteiger partial charge in [-0.1, -0.05) is 32.0 Å². The maximum Gasteiger partial charge on any atom is 0.367 e. The number of hydrogen-bond donors (Lipinski definition) is 0. The van der Waals surface area contributed by atoms with Crippen molar-refractivity contribution in [2.75, 3.05) is 19.1 Å². The van der Waals surface area contributed by atoms with Gasteiger partial charge in [-0.2, -0.15) is 5.26 Å². The van der Waals surface area contributed by atoms with Gasteiger partial charge < -0.3 is 9.64 Å². The third-order valence-corrected chi connectivity index (χ3v) is 3.97. The Balaban J connectivity index is 2.28. The molecule has 1 aliphatic heterocycles. The zero-order valence-corrected chi connectivity index (χ0v) is 13.7. The SMILES string of the molecule is COC(=O)C(C#N)=NC=CC=C1N(C)c2ccccc2C1(C)C. The van der Waals surface area contributed by atoms with Crippen molar-refractivity contribution < 1.29 is 9.53 Å². The summed E-state index contributed by atoms with van der Waals surface area (Å²) < 4.78 is 4.48. The molecule has 0 spiro atoms. The number of rotatable bonds is 3. The van der Waals surface area contributed by atoms with E-state index in [1.807, 2.05) is 25.3 Å². The number of esters is 1. The average molecular weight is 309 g/mol. The summed E-state index contributed by atoms with van der Waals surface area (Å²) in [5.74, 6) is -0.740. The van der Waals surface area contributed by atoms with E-state index in [0.717, 1.165) is 5.70 Å². The molecule has 0 unspecified atom stereocenters. The number of aliphatic imine (C=N–C) groups is 1. The zero-order valence-electron chi connectivity index (χ0n) is 13.7. The highest BCUT2D eigenvalue weighted by Crippen LogP contribution is 2.46. The van der Waals surface area contributed by atoms with Crippen LogP contribution in [-0.2, 0) is 14.9 Å². The van der Waals surface area contributed by atoms with Crippen LogP contribution in [0.15, 0.2) is 53.3 Å². The number of fused-ring (bicyclic) bond motifs is 1. The number of allylic oxidation sites excluding steroid dienone is 3. The van der Waals surface area contributed by atoms with Crippen molar-refractivity contribution >= 4 is 17.4 Å². The summed E-state index contributed by atoms with van der Waals surface area (Å²) in [4.78, 5) is 17.2. The molecule has 0 amide bonds. The van der Waals surface area contributed by atoms with Gasteiger partial charge in [-0.3, -0.25) is 0 Å². The molecular weight excluding hydrogens is 290 g/mol. The summed E-state index contributed by atoms with van der Waals surface area (Å²) in [7, 11) is 3.24. The van der Waals surface area contributed by atoms with Gasteiger partial charge in [0.2, 0.25) is 5.71 Å². The maximum absolute atomic E-state index is 11.3. The van der Waals surface area contributed by atoms with Crippen molar-refractivity contribution in [3.63, 3.8) is 0 Å². The third-order valence-electron chi connectivity index (χ3n) is 3.97. The minimum absolute atomic E-state index is 0.125. The van der Waals surface area contributed by atoms with Crippen molar-refractivity contribution in [2.45, 2.75) is 19.3 Å². The number of likely N-dealkylation sites (N-methyl/N-ethyl adjacent to an activating group) is 1. The van der Waals surface area contributed by atoms with Crippen molar-refractivity contribution in [3.05, 3.63) is 53.9 Å². The molecule has 0 bridgehead atoms. The molecule has 2 rings (SSSR count). The number of methoxy groups -OCH3 is 1. The van der Waals surface area contributed by atoms with Gasteiger partial charge in [-0.15, -0.1) is 0 Å². The van der Waals surface area contributed by atoms with Crippen LogP contribution < -0.4 is 4.90 Å². The molecule has 0 radical (unpaired) electrons. The number of carbonyl (C=O) groups excluding carboxylic acids is 1. The number of hydrogen-bond acceptors (Lipinski definition) is 5. The van der Waals surface area contributed by atoms with E-state index < -0.39 is 5.97 Å². The van der Waals surface area contributed by atoms with Crippen molar-refractivity contribution in [1.82, 2.24) is 0 Å². The van der Waals surface area contributed by atoms with Crippen LogP contribution in [0.1, 0.15) is 19.4 Å². The summed E-state index contributed by atoms with van der Waals surface area (Å²) in [5.41, 5.74) is 3.15. The Morgan fingerprint density at radius 3 is 2.70 bits per heavy atom. The Bertz CT molecular complexity index is 752. The van der Waals surface area contributed by atoms with Crippen LogP contribution in [0.4, 0.5) is 5.69 Å². The van der Waals surface area contributed by atoms with E-state index in [9.17, 15) is 4.79 Å². The third kappa shape index (κ3) is 3.02. The van der Waals surface area contributed by atoms with E-state index in [1.54, 1.807) is 12.1 Å². The fraction of sp³-hybridized carbons (Fsp3) is 0.278. The molecule has 1 aliphatic rings. The number of ether oxygens (including phenoxy) is 1. The number of benzene rings is 1. The number of nitriles is 1. The molecule has 1 aromatic carbocycles. The van der Waals surface area contributed by atoms with Crippen LogP contribution >= 0.6 is 0 Å². The highest BCUT2D eigenvalue weighted by atomic mass is 16.5. The lowest BCUT2D eigenvalue weighted by molar-refractivity contribution is -0.132. The van der Waals surface area contributed by atoms with Gasteiger partial charge in [-0.25, -0.2) is 9.79 Å². The molecule has 0 atom stereocenters. The van der Waals surface area contributed by atoms with Crippen molar-refractivity contribution in [1.29, 1.82) is 5.26 Å². The summed E-state index contributed by atoms with van der Waals surface area (Å²) >= 11 is 0. The summed E-state index contributed by atoms with van der Waals surface area (Å²) in [6.07, 6.45) is 5.09. The Kier molecular flexibility index (Phi) is 4.65. The topological polar surface area (TPSA) is 65.7 Å². The van der Waals surface area contributed by atoms with E-state index in [4.69, 9.17) is 5.26 Å². The fourth-order valence-corrected chi connectivity index (χ4v) is 2.78. The molecule has 1 aromatic rings. The predicted octanol–water partition coefficient (Wildman–Crippen LogP) is 2.95. The molecule has 23 heavy (non-hydrogen) atoms. The van der Waals surface area contributed by atoms with Gasteiger partial charge in [0.25, 0.3) is 0 Å². The number of carbonyl (C=O) groups is 1. The van der Waals surface area contributed by atoms with Crippen LogP contribution in [0, 0.1) is 11.3 Å². The van der Waals surface area contributed by atoms with Gasteiger partial charge in [0, 0.05) is 30.0 Å². The van der Waals surface area contributed by atoms with Gasteiger partial charge in [0.1, 0.15) is 6.07 Å². The summed E-state index contributed by atoms with van der Waals surface area (Å²) in [6.45, 7) is 4.32. The molecule has 0 saturated heterocycles. The van der Waals surface area contributed by atoms with Crippen LogP contribution in [-0.4, -0.2) is 25.8 Å². The molecule has 5 heteroatoms. The van der Waals surface area contributed by atoms with Crippen LogP contribution in [0.5, 0.6) is 0 Å². The summed E-state index contributed by atoms with van der Waals surface area (Å²) in [6, 6.07) is 9.98.